The largest absolute Gasteiger partial charge is 0.481 e. The number of hydrogen-bond donors (Lipinski definition) is 1. The van der Waals surface area contributed by atoms with E-state index in [0.29, 0.717) is 25.6 Å². The summed E-state index contributed by atoms with van der Waals surface area (Å²) in [5.41, 5.74) is 1.27. The van der Waals surface area contributed by atoms with Gasteiger partial charge in [0.2, 0.25) is 5.91 Å². The number of carboxylic acids is 1. The molecule has 2 aliphatic rings. The summed E-state index contributed by atoms with van der Waals surface area (Å²) in [6, 6.07) is 2.09. The molecule has 0 bridgehead atoms. The standard InChI is InChI=1S/C15H19NO4S/c1-9-2-5-21-14(9)11-7-12(11)15(19)16-3-4-20-10(8-16)6-13(17)18/h2,5,10-12H,3-4,6-8H2,1H3,(H,17,18)/t10-,11-,12+/m1/s1. The van der Waals surface area contributed by atoms with Gasteiger partial charge in [-0.15, -0.1) is 11.3 Å². The van der Waals surface area contributed by atoms with Crippen molar-refractivity contribution in [3.63, 3.8) is 0 Å². The molecular weight excluding hydrogens is 290 g/mol. The normalized spacial score (nSPS) is 28.4. The van der Waals surface area contributed by atoms with E-state index in [1.54, 1.807) is 16.2 Å². The van der Waals surface area contributed by atoms with E-state index in [-0.39, 0.29) is 24.3 Å². The molecule has 0 radical (unpaired) electrons. The lowest BCUT2D eigenvalue weighted by molar-refractivity contribution is -0.148. The number of carbonyl (C=O) groups excluding carboxylic acids is 1. The van der Waals surface area contributed by atoms with Crippen LogP contribution in [-0.4, -0.2) is 47.7 Å². The third-order valence-electron chi connectivity index (χ3n) is 4.20. The number of rotatable bonds is 4. The molecule has 0 aromatic carbocycles. The fourth-order valence-corrected chi connectivity index (χ4v) is 4.10. The van der Waals surface area contributed by atoms with Crippen LogP contribution in [0.5, 0.6) is 0 Å². The summed E-state index contributed by atoms with van der Waals surface area (Å²) in [4.78, 5) is 26.4. The summed E-state index contributed by atoms with van der Waals surface area (Å²) in [5.74, 6) is -0.288. The monoisotopic (exact) mass is 309 g/mol. The number of aryl methyl sites for hydroxylation is 1. The number of carbonyl (C=O) groups is 2. The van der Waals surface area contributed by atoms with Gasteiger partial charge in [0.25, 0.3) is 0 Å². The average Bonchev–Trinajstić information content (AvgIpc) is 3.12. The minimum Gasteiger partial charge on any atom is -0.481 e. The van der Waals surface area contributed by atoms with E-state index in [0.717, 1.165) is 6.42 Å². The number of ether oxygens (including phenoxy) is 1. The second kappa shape index (κ2) is 5.77. The summed E-state index contributed by atoms with van der Waals surface area (Å²) in [7, 11) is 0. The van der Waals surface area contributed by atoms with Crippen LogP contribution >= 0.6 is 11.3 Å². The summed E-state index contributed by atoms with van der Waals surface area (Å²) in [5, 5.41) is 10.9. The number of morpholine rings is 1. The number of hydrogen-bond acceptors (Lipinski definition) is 4. The van der Waals surface area contributed by atoms with Crippen molar-refractivity contribution in [1.29, 1.82) is 0 Å². The second-order valence-corrected chi connectivity index (χ2v) is 6.74. The smallest absolute Gasteiger partial charge is 0.306 e. The highest BCUT2D eigenvalue weighted by Crippen LogP contribution is 2.51. The zero-order chi connectivity index (χ0) is 15.0. The number of carboxylic acid groups (broad SMARTS) is 1. The molecule has 1 aromatic heterocycles. The molecule has 6 heteroatoms. The van der Waals surface area contributed by atoms with Crippen LogP contribution < -0.4 is 0 Å². The van der Waals surface area contributed by atoms with Crippen molar-refractivity contribution >= 4 is 23.2 Å². The Morgan fingerprint density at radius 2 is 2.33 bits per heavy atom. The Hall–Kier alpha value is -1.40. The molecular formula is C15H19NO4S. The topological polar surface area (TPSA) is 66.8 Å². The van der Waals surface area contributed by atoms with Crippen LogP contribution in [0.1, 0.15) is 29.2 Å². The Labute approximate surface area is 127 Å². The fraction of sp³-hybridized carbons (Fsp3) is 0.600. The Bertz CT molecular complexity index is 556. The van der Waals surface area contributed by atoms with Crippen molar-refractivity contribution in [2.75, 3.05) is 19.7 Å². The zero-order valence-corrected chi connectivity index (χ0v) is 12.8. The van der Waals surface area contributed by atoms with E-state index in [4.69, 9.17) is 9.84 Å². The Morgan fingerprint density at radius 1 is 1.52 bits per heavy atom. The molecule has 114 valence electrons. The van der Waals surface area contributed by atoms with Gasteiger partial charge < -0.3 is 14.7 Å². The Morgan fingerprint density at radius 3 is 3.00 bits per heavy atom. The molecule has 21 heavy (non-hydrogen) atoms. The maximum absolute atomic E-state index is 12.5. The summed E-state index contributed by atoms with van der Waals surface area (Å²) in [6.07, 6.45) is 0.504. The lowest BCUT2D eigenvalue weighted by Crippen LogP contribution is -2.47. The summed E-state index contributed by atoms with van der Waals surface area (Å²) >= 11 is 1.72. The molecule has 0 unspecified atom stereocenters. The number of amides is 1. The van der Waals surface area contributed by atoms with Crippen LogP contribution in [0, 0.1) is 12.8 Å². The van der Waals surface area contributed by atoms with Crippen molar-refractivity contribution in [2.24, 2.45) is 5.92 Å². The van der Waals surface area contributed by atoms with Gasteiger partial charge in [0.1, 0.15) is 0 Å². The highest BCUT2D eigenvalue weighted by atomic mass is 32.1. The minimum atomic E-state index is -0.882. The second-order valence-electron chi connectivity index (χ2n) is 5.79. The number of thiophene rings is 1. The molecule has 1 N–H and O–H groups in total. The van der Waals surface area contributed by atoms with Crippen LogP contribution in [0.2, 0.25) is 0 Å². The maximum Gasteiger partial charge on any atom is 0.306 e. The predicted octanol–water partition coefficient (Wildman–Crippen LogP) is 1.86. The third-order valence-corrected chi connectivity index (χ3v) is 5.35. The van der Waals surface area contributed by atoms with Crippen molar-refractivity contribution in [3.8, 4) is 0 Å². The molecule has 5 nitrogen and oxygen atoms in total. The third kappa shape index (κ3) is 3.11. The van der Waals surface area contributed by atoms with Crippen molar-refractivity contribution in [3.05, 3.63) is 21.9 Å². The lowest BCUT2D eigenvalue weighted by Gasteiger charge is -2.32. The van der Waals surface area contributed by atoms with Crippen LogP contribution in [0.15, 0.2) is 11.4 Å². The SMILES string of the molecule is Cc1ccsc1[C@@H]1C[C@@H]1C(=O)N1CCO[C@H](CC(=O)O)C1. The minimum absolute atomic E-state index is 0.0398. The van der Waals surface area contributed by atoms with Gasteiger partial charge in [-0.05, 0) is 30.4 Å². The first-order chi connectivity index (χ1) is 10.1. The lowest BCUT2D eigenvalue weighted by atomic mass is 10.1. The van der Waals surface area contributed by atoms with Gasteiger partial charge in [-0.3, -0.25) is 9.59 Å². The van der Waals surface area contributed by atoms with Gasteiger partial charge in [0.15, 0.2) is 0 Å². The van der Waals surface area contributed by atoms with Crippen molar-refractivity contribution in [1.82, 2.24) is 4.90 Å². The molecule has 2 fully saturated rings. The average molecular weight is 309 g/mol. The molecule has 1 saturated heterocycles. The molecule has 2 heterocycles. The van der Waals surface area contributed by atoms with Crippen LogP contribution in [0.3, 0.4) is 0 Å². The van der Waals surface area contributed by atoms with Gasteiger partial charge >= 0.3 is 5.97 Å². The molecule has 1 amide bonds. The van der Waals surface area contributed by atoms with E-state index < -0.39 is 5.97 Å². The highest BCUT2D eigenvalue weighted by molar-refractivity contribution is 7.10. The van der Waals surface area contributed by atoms with E-state index in [1.807, 2.05) is 0 Å². The summed E-state index contributed by atoms with van der Waals surface area (Å²) < 4.78 is 5.41. The molecule has 1 aromatic rings. The summed E-state index contributed by atoms with van der Waals surface area (Å²) in [6.45, 7) is 3.49. The van der Waals surface area contributed by atoms with Crippen molar-refractivity contribution < 1.29 is 19.4 Å². The van der Waals surface area contributed by atoms with Crippen LogP contribution in [-0.2, 0) is 14.3 Å². The van der Waals surface area contributed by atoms with Gasteiger partial charge in [-0.2, -0.15) is 0 Å². The van der Waals surface area contributed by atoms with Crippen molar-refractivity contribution in [2.45, 2.75) is 31.8 Å². The predicted molar refractivity (Wildman–Crippen MR) is 78.5 cm³/mol. The van der Waals surface area contributed by atoms with Gasteiger partial charge in [-0.1, -0.05) is 0 Å². The fourth-order valence-electron chi connectivity index (χ4n) is 2.99. The van der Waals surface area contributed by atoms with Gasteiger partial charge in [0.05, 0.1) is 19.1 Å². The van der Waals surface area contributed by atoms with E-state index in [9.17, 15) is 9.59 Å². The van der Waals surface area contributed by atoms with Crippen LogP contribution in [0.25, 0.3) is 0 Å². The quantitative estimate of drug-likeness (QED) is 0.922. The molecule has 3 rings (SSSR count). The Balaban J connectivity index is 1.59. The van der Waals surface area contributed by atoms with E-state index >= 15 is 0 Å². The molecule has 1 aliphatic heterocycles. The Kier molecular flexibility index (Phi) is 3.99. The maximum atomic E-state index is 12.5. The number of nitrogens with zero attached hydrogens (tertiary/aromatic N) is 1. The zero-order valence-electron chi connectivity index (χ0n) is 11.9. The number of aliphatic carboxylic acids is 1. The molecule has 1 aliphatic carbocycles. The van der Waals surface area contributed by atoms with Gasteiger partial charge in [0, 0.05) is 29.8 Å². The van der Waals surface area contributed by atoms with E-state index in [2.05, 4.69) is 18.4 Å². The molecule has 0 spiro atoms. The first kappa shape index (κ1) is 14.5. The van der Waals surface area contributed by atoms with Gasteiger partial charge in [-0.25, -0.2) is 0 Å². The first-order valence-corrected chi connectivity index (χ1v) is 8.10. The van der Waals surface area contributed by atoms with Crippen LogP contribution in [0.4, 0.5) is 0 Å². The molecule has 3 atom stereocenters. The molecule has 1 saturated carbocycles. The van der Waals surface area contributed by atoms with E-state index in [1.165, 1.54) is 10.4 Å². The highest BCUT2D eigenvalue weighted by Gasteiger charge is 2.47. The first-order valence-electron chi connectivity index (χ1n) is 7.22.